The van der Waals surface area contributed by atoms with E-state index >= 15 is 0 Å². The van der Waals surface area contributed by atoms with Gasteiger partial charge in [-0.05, 0) is 44.4 Å². The van der Waals surface area contributed by atoms with Gasteiger partial charge in [0.25, 0.3) is 0 Å². The largest absolute Gasteiger partial charge is 0.496 e. The number of halogens is 6. The number of carbonyl (C=O) groups excluding carboxylic acids is 3. The molecule has 0 unspecified atom stereocenters. The number of benzene rings is 2. The third-order valence-corrected chi connectivity index (χ3v) is 5.97. The molecule has 2 aromatic carbocycles. The van der Waals surface area contributed by atoms with Crippen molar-refractivity contribution in [3.63, 3.8) is 0 Å². The molecule has 2 aromatic rings. The van der Waals surface area contributed by atoms with Crippen LogP contribution in [0.2, 0.25) is 0 Å². The number of alkyl halides is 6. The second-order valence-corrected chi connectivity index (χ2v) is 8.62. The van der Waals surface area contributed by atoms with Crippen LogP contribution in [0.25, 0.3) is 0 Å². The SMILES string of the molecule is COc1c(C)c2c(c(NC(=O)C(F)(F)F)c1C/C=C(\C)CCC(=O)Oc1ccccc1C(F)(F)F)C(=O)OC2. The summed E-state index contributed by atoms with van der Waals surface area (Å²) in [5.41, 5.74) is -0.379. The first-order chi connectivity index (χ1) is 18.1. The van der Waals surface area contributed by atoms with Gasteiger partial charge < -0.3 is 19.5 Å². The van der Waals surface area contributed by atoms with Crippen molar-refractivity contribution in [3.05, 3.63) is 63.7 Å². The Hall–Kier alpha value is -4.03. The van der Waals surface area contributed by atoms with Gasteiger partial charge in [-0.25, -0.2) is 4.79 Å². The number of fused-ring (bicyclic) bond motifs is 1. The average Bonchev–Trinajstić information content (AvgIpc) is 3.24. The van der Waals surface area contributed by atoms with Crippen molar-refractivity contribution in [3.8, 4) is 11.5 Å². The number of hydrogen-bond acceptors (Lipinski definition) is 6. The summed E-state index contributed by atoms with van der Waals surface area (Å²) >= 11 is 0. The minimum absolute atomic E-state index is 0.0472. The van der Waals surface area contributed by atoms with E-state index in [0.717, 1.165) is 18.2 Å². The number of carbonyl (C=O) groups is 3. The van der Waals surface area contributed by atoms with E-state index in [2.05, 4.69) is 0 Å². The molecule has 3 rings (SSSR count). The molecular formula is C26H23F6NO6. The Bertz CT molecular complexity index is 1330. The van der Waals surface area contributed by atoms with Gasteiger partial charge in [0.2, 0.25) is 0 Å². The maximum absolute atomic E-state index is 13.1. The zero-order valence-corrected chi connectivity index (χ0v) is 20.9. The van der Waals surface area contributed by atoms with E-state index in [0.29, 0.717) is 11.1 Å². The fourth-order valence-corrected chi connectivity index (χ4v) is 4.02. The van der Waals surface area contributed by atoms with Crippen LogP contribution in [0.3, 0.4) is 0 Å². The summed E-state index contributed by atoms with van der Waals surface area (Å²) < 4.78 is 93.7. The van der Waals surface area contributed by atoms with E-state index in [1.165, 1.54) is 19.3 Å². The number of cyclic esters (lactones) is 1. The van der Waals surface area contributed by atoms with E-state index < -0.39 is 47.2 Å². The lowest BCUT2D eigenvalue weighted by atomic mass is 9.93. The van der Waals surface area contributed by atoms with Gasteiger partial charge in [-0.2, -0.15) is 26.3 Å². The van der Waals surface area contributed by atoms with Crippen LogP contribution in [-0.4, -0.2) is 31.1 Å². The van der Waals surface area contributed by atoms with Gasteiger partial charge in [-0.3, -0.25) is 9.59 Å². The number of nitrogens with one attached hydrogen (secondary N) is 1. The minimum atomic E-state index is -5.23. The molecule has 0 saturated heterocycles. The van der Waals surface area contributed by atoms with Crippen molar-refractivity contribution in [1.82, 2.24) is 0 Å². The molecule has 0 bridgehead atoms. The lowest BCUT2D eigenvalue weighted by Gasteiger charge is -2.20. The first-order valence-corrected chi connectivity index (χ1v) is 11.4. The Labute approximate surface area is 218 Å². The van der Waals surface area contributed by atoms with Gasteiger partial charge in [-0.1, -0.05) is 23.8 Å². The van der Waals surface area contributed by atoms with Gasteiger partial charge in [0, 0.05) is 17.5 Å². The van der Waals surface area contributed by atoms with E-state index in [9.17, 15) is 40.7 Å². The maximum atomic E-state index is 13.1. The summed E-state index contributed by atoms with van der Waals surface area (Å²) in [6.07, 6.45) is -8.78. The number of ether oxygens (including phenoxy) is 3. The third kappa shape index (κ3) is 6.70. The van der Waals surface area contributed by atoms with Gasteiger partial charge in [-0.15, -0.1) is 0 Å². The molecule has 1 aliphatic rings. The predicted octanol–water partition coefficient (Wildman–Crippen LogP) is 6.07. The quantitative estimate of drug-likeness (QED) is 0.183. The van der Waals surface area contributed by atoms with E-state index in [1.54, 1.807) is 19.2 Å². The number of allylic oxidation sites excluding steroid dienone is 2. The van der Waals surface area contributed by atoms with Gasteiger partial charge in [0.1, 0.15) is 18.1 Å². The first-order valence-electron chi connectivity index (χ1n) is 11.4. The first kappa shape index (κ1) is 29.5. The highest BCUT2D eigenvalue weighted by Gasteiger charge is 2.41. The topological polar surface area (TPSA) is 90.9 Å². The predicted molar refractivity (Wildman–Crippen MR) is 125 cm³/mol. The number of anilines is 1. The molecule has 1 heterocycles. The molecule has 1 amide bonds. The Morgan fingerprint density at radius 2 is 1.77 bits per heavy atom. The van der Waals surface area contributed by atoms with Crippen LogP contribution in [0, 0.1) is 6.92 Å². The van der Waals surface area contributed by atoms with E-state index in [4.69, 9.17) is 14.2 Å². The van der Waals surface area contributed by atoms with E-state index in [1.807, 2.05) is 0 Å². The number of amides is 1. The molecule has 1 aliphatic heterocycles. The van der Waals surface area contributed by atoms with Gasteiger partial charge >= 0.3 is 30.2 Å². The molecule has 0 spiro atoms. The Morgan fingerprint density at radius 1 is 1.10 bits per heavy atom. The highest BCUT2D eigenvalue weighted by atomic mass is 19.4. The molecule has 1 N–H and O–H groups in total. The number of esters is 2. The molecule has 0 radical (unpaired) electrons. The summed E-state index contributed by atoms with van der Waals surface area (Å²) in [5, 5.41) is 1.76. The third-order valence-electron chi connectivity index (χ3n) is 5.97. The average molecular weight is 559 g/mol. The highest BCUT2D eigenvalue weighted by molar-refractivity contribution is 6.07. The normalized spacial score (nSPS) is 13.6. The monoisotopic (exact) mass is 559 g/mol. The molecule has 0 aromatic heterocycles. The number of hydrogen-bond donors (Lipinski definition) is 1. The summed E-state index contributed by atoms with van der Waals surface area (Å²) in [6, 6.07) is 4.26. The van der Waals surface area contributed by atoms with Crippen LogP contribution in [0.4, 0.5) is 32.0 Å². The Balaban J connectivity index is 1.83. The molecule has 0 fully saturated rings. The van der Waals surface area contributed by atoms with Gasteiger partial charge in [0.05, 0.1) is 23.9 Å². The summed E-state index contributed by atoms with van der Waals surface area (Å²) in [6.45, 7) is 2.97. The van der Waals surface area contributed by atoms with Crippen LogP contribution in [0.5, 0.6) is 11.5 Å². The number of rotatable bonds is 8. The number of methoxy groups -OCH3 is 1. The Kier molecular flexibility index (Phi) is 8.61. The Morgan fingerprint density at radius 3 is 2.38 bits per heavy atom. The van der Waals surface area contributed by atoms with Crippen molar-refractivity contribution >= 4 is 23.5 Å². The van der Waals surface area contributed by atoms with Crippen molar-refractivity contribution in [2.75, 3.05) is 12.4 Å². The van der Waals surface area contributed by atoms with Crippen LogP contribution >= 0.6 is 0 Å². The molecule has 210 valence electrons. The van der Waals surface area contributed by atoms with Crippen molar-refractivity contribution < 1.29 is 54.9 Å². The smallest absolute Gasteiger partial charge is 0.471 e. The summed E-state index contributed by atoms with van der Waals surface area (Å²) in [7, 11) is 1.27. The van der Waals surface area contributed by atoms with E-state index in [-0.39, 0.29) is 48.3 Å². The lowest BCUT2D eigenvalue weighted by Crippen LogP contribution is -2.31. The standard InChI is InChI=1S/C26H23F6NO6/c1-13(9-11-19(34)39-18-7-5-4-6-17(18)25(27,28)29)8-10-15-21(33-24(36)26(30,31)32)20-16(12-38-23(20)35)14(2)22(15)37-3/h4-8H,9-12H2,1-3H3,(H,33,36)/b13-8+. The molecule has 0 saturated carbocycles. The minimum Gasteiger partial charge on any atom is -0.496 e. The molecule has 0 aliphatic carbocycles. The van der Waals surface area contributed by atoms with Crippen LogP contribution in [0.1, 0.15) is 52.4 Å². The maximum Gasteiger partial charge on any atom is 0.471 e. The zero-order chi connectivity index (χ0) is 29.1. The lowest BCUT2D eigenvalue weighted by molar-refractivity contribution is -0.167. The molecule has 0 atom stereocenters. The second kappa shape index (κ2) is 11.4. The summed E-state index contributed by atoms with van der Waals surface area (Å²) in [5.74, 6) is -4.62. The number of para-hydroxylation sites is 1. The van der Waals surface area contributed by atoms with Crippen molar-refractivity contribution in [2.24, 2.45) is 0 Å². The molecule has 13 heteroatoms. The van der Waals surface area contributed by atoms with Crippen molar-refractivity contribution in [1.29, 1.82) is 0 Å². The van der Waals surface area contributed by atoms with Crippen molar-refractivity contribution in [2.45, 2.75) is 52.1 Å². The van der Waals surface area contributed by atoms with Crippen LogP contribution in [0.15, 0.2) is 35.9 Å². The fourth-order valence-electron chi connectivity index (χ4n) is 4.02. The molecule has 39 heavy (non-hydrogen) atoms. The molecular weight excluding hydrogens is 536 g/mol. The molecule has 7 nitrogen and oxygen atoms in total. The van der Waals surface area contributed by atoms with Crippen LogP contribution in [-0.2, 0) is 33.5 Å². The highest BCUT2D eigenvalue weighted by Crippen LogP contribution is 2.42. The second-order valence-electron chi connectivity index (χ2n) is 8.62. The fraction of sp³-hybridized carbons (Fsp3) is 0.346. The zero-order valence-electron chi connectivity index (χ0n) is 20.9. The van der Waals surface area contributed by atoms with Gasteiger partial charge in [0.15, 0.2) is 0 Å². The summed E-state index contributed by atoms with van der Waals surface area (Å²) in [4.78, 5) is 36.3. The van der Waals surface area contributed by atoms with Crippen LogP contribution < -0.4 is 14.8 Å².